The molecule has 32 heavy (non-hydrogen) atoms. The van der Waals surface area contributed by atoms with E-state index in [0.717, 1.165) is 36.9 Å². The van der Waals surface area contributed by atoms with E-state index < -0.39 is 10.2 Å². The van der Waals surface area contributed by atoms with E-state index in [1.165, 1.54) is 10.7 Å². The summed E-state index contributed by atoms with van der Waals surface area (Å²) in [5.41, 5.74) is 2.22. The lowest BCUT2D eigenvalue weighted by Gasteiger charge is -2.38. The number of benzene rings is 1. The molecule has 0 radical (unpaired) electrons. The molecule has 0 atom stereocenters. The molecule has 1 aromatic rings. The number of hydrogen-bond acceptors (Lipinski definition) is 4. The molecule has 2 saturated heterocycles. The Kier molecular flexibility index (Phi) is 6.73. The summed E-state index contributed by atoms with van der Waals surface area (Å²) in [4.78, 5) is 28.4. The van der Waals surface area contributed by atoms with E-state index in [-0.39, 0.29) is 18.0 Å². The van der Waals surface area contributed by atoms with Crippen LogP contribution in [0.25, 0.3) is 0 Å². The lowest BCUT2D eigenvalue weighted by molar-refractivity contribution is 0.0692. The zero-order chi connectivity index (χ0) is 22.9. The third-order valence-corrected chi connectivity index (χ3v) is 8.94. The van der Waals surface area contributed by atoms with Crippen LogP contribution in [-0.4, -0.2) is 86.2 Å². The molecule has 0 bridgehead atoms. The van der Waals surface area contributed by atoms with Crippen LogP contribution in [-0.2, 0) is 10.2 Å². The zero-order valence-corrected chi connectivity index (χ0v) is 19.7. The number of piperazine rings is 1. The first-order valence-corrected chi connectivity index (χ1v) is 12.9. The Morgan fingerprint density at radius 2 is 1.75 bits per heavy atom. The molecule has 4 rings (SSSR count). The molecule has 2 aliphatic heterocycles. The molecule has 9 nitrogen and oxygen atoms in total. The maximum Gasteiger partial charge on any atom is 0.322 e. The summed E-state index contributed by atoms with van der Waals surface area (Å²) in [7, 11) is -1.83. The van der Waals surface area contributed by atoms with Gasteiger partial charge in [-0.3, -0.25) is 9.69 Å². The van der Waals surface area contributed by atoms with Gasteiger partial charge in [-0.05, 0) is 43.5 Å². The second kappa shape index (κ2) is 9.36. The molecule has 10 heteroatoms. The minimum atomic E-state index is -3.52. The van der Waals surface area contributed by atoms with Crippen LogP contribution in [0.1, 0.15) is 48.0 Å². The predicted octanol–water partition coefficient (Wildman–Crippen LogP) is 1.79. The van der Waals surface area contributed by atoms with Gasteiger partial charge in [0.2, 0.25) is 0 Å². The van der Waals surface area contributed by atoms with Crippen molar-refractivity contribution in [3.05, 3.63) is 29.3 Å². The number of hydrogen-bond donors (Lipinski definition) is 1. The molecule has 1 aliphatic carbocycles. The van der Waals surface area contributed by atoms with E-state index in [1.54, 1.807) is 27.2 Å². The Bertz CT molecular complexity index is 969. The molecule has 2 heterocycles. The molecule has 1 N–H and O–H groups in total. The van der Waals surface area contributed by atoms with Gasteiger partial charge in [0.15, 0.2) is 0 Å². The number of nitrogens with zero attached hydrogens (tertiary/aromatic N) is 4. The van der Waals surface area contributed by atoms with E-state index in [4.69, 9.17) is 0 Å². The highest BCUT2D eigenvalue weighted by Gasteiger charge is 2.35. The molecule has 3 amide bonds. The molecule has 0 spiro atoms. The molecule has 3 aliphatic rings. The van der Waals surface area contributed by atoms with Crippen LogP contribution in [0.2, 0.25) is 0 Å². The van der Waals surface area contributed by atoms with Gasteiger partial charge in [0.05, 0.1) is 0 Å². The van der Waals surface area contributed by atoms with E-state index in [2.05, 4.69) is 5.32 Å². The zero-order valence-electron chi connectivity index (χ0n) is 18.9. The van der Waals surface area contributed by atoms with E-state index >= 15 is 0 Å². The molecular formula is C22H33N5O4S. The molecule has 0 aromatic heterocycles. The Hall–Kier alpha value is -2.17. The Labute approximate surface area is 190 Å². The third kappa shape index (κ3) is 4.49. The van der Waals surface area contributed by atoms with Crippen LogP contribution >= 0.6 is 0 Å². The molecule has 0 unspecified atom stereocenters. The van der Waals surface area contributed by atoms with Gasteiger partial charge in [-0.2, -0.15) is 17.0 Å². The van der Waals surface area contributed by atoms with Crippen molar-refractivity contribution in [1.29, 1.82) is 0 Å². The summed E-state index contributed by atoms with van der Waals surface area (Å²) in [6.07, 6.45) is 5.17. The minimum Gasteiger partial charge on any atom is -0.336 e. The van der Waals surface area contributed by atoms with E-state index in [0.29, 0.717) is 44.8 Å². The van der Waals surface area contributed by atoms with Crippen molar-refractivity contribution in [2.45, 2.75) is 45.1 Å². The molecule has 1 saturated carbocycles. The first-order chi connectivity index (χ1) is 15.3. The highest BCUT2D eigenvalue weighted by molar-refractivity contribution is 7.86. The van der Waals surface area contributed by atoms with Gasteiger partial charge in [-0.25, -0.2) is 4.79 Å². The Morgan fingerprint density at radius 1 is 1.06 bits per heavy atom. The van der Waals surface area contributed by atoms with E-state index in [9.17, 15) is 18.0 Å². The number of anilines is 1. The van der Waals surface area contributed by atoms with Crippen molar-refractivity contribution in [3.8, 4) is 0 Å². The van der Waals surface area contributed by atoms with Crippen molar-refractivity contribution in [2.75, 3.05) is 51.2 Å². The minimum absolute atomic E-state index is 0.0765. The number of amides is 3. The van der Waals surface area contributed by atoms with Gasteiger partial charge in [0.1, 0.15) is 0 Å². The van der Waals surface area contributed by atoms with Crippen LogP contribution in [0.15, 0.2) is 18.2 Å². The van der Waals surface area contributed by atoms with Crippen molar-refractivity contribution < 1.29 is 18.0 Å². The van der Waals surface area contributed by atoms with Gasteiger partial charge >= 0.3 is 6.03 Å². The summed E-state index contributed by atoms with van der Waals surface area (Å²) >= 11 is 0. The van der Waals surface area contributed by atoms with Gasteiger partial charge < -0.3 is 10.2 Å². The molecular weight excluding hydrogens is 430 g/mol. The predicted molar refractivity (Wildman–Crippen MR) is 123 cm³/mol. The maximum absolute atomic E-state index is 13.1. The number of urea groups is 1. The molecule has 3 fully saturated rings. The summed E-state index contributed by atoms with van der Waals surface area (Å²) < 4.78 is 29.2. The lowest BCUT2D eigenvalue weighted by Crippen LogP contribution is -2.55. The number of aryl methyl sites for hydroxylation is 1. The van der Waals surface area contributed by atoms with Gasteiger partial charge in [0.25, 0.3) is 16.1 Å². The topological polar surface area (TPSA) is 93.3 Å². The van der Waals surface area contributed by atoms with Gasteiger partial charge in [-0.15, -0.1) is 0 Å². The van der Waals surface area contributed by atoms with Gasteiger partial charge in [-0.1, -0.05) is 19.3 Å². The fourth-order valence-electron chi connectivity index (χ4n) is 4.91. The molecule has 1 aromatic carbocycles. The largest absolute Gasteiger partial charge is 0.336 e. The highest BCUT2D eigenvalue weighted by atomic mass is 32.2. The van der Waals surface area contributed by atoms with Crippen molar-refractivity contribution in [3.63, 3.8) is 0 Å². The van der Waals surface area contributed by atoms with Crippen molar-refractivity contribution >= 4 is 27.8 Å². The van der Waals surface area contributed by atoms with Crippen molar-refractivity contribution in [1.82, 2.24) is 18.8 Å². The summed E-state index contributed by atoms with van der Waals surface area (Å²) in [6, 6.07) is 5.32. The number of nitrogens with one attached hydrogen (secondary N) is 1. The van der Waals surface area contributed by atoms with Crippen LogP contribution in [0.4, 0.5) is 10.5 Å². The first kappa shape index (κ1) is 23.0. The highest BCUT2D eigenvalue weighted by Crippen LogP contribution is 2.26. The Balaban J connectivity index is 1.38. The van der Waals surface area contributed by atoms with E-state index in [1.807, 2.05) is 19.1 Å². The number of carbonyl (C=O) groups excluding carboxylic acids is 2. The summed E-state index contributed by atoms with van der Waals surface area (Å²) in [5, 5.41) is 2.78. The summed E-state index contributed by atoms with van der Waals surface area (Å²) in [6.45, 7) is 4.45. The Morgan fingerprint density at radius 3 is 2.34 bits per heavy atom. The first-order valence-electron chi connectivity index (χ1n) is 11.5. The second-order valence-corrected chi connectivity index (χ2v) is 10.9. The SMILES string of the molecule is Cc1cc(C(=O)N2CCN(S(=O)(=O)N(C)C3CCCCC3)CC2)ccc1N1CCNC1=O. The smallest absolute Gasteiger partial charge is 0.322 e. The third-order valence-electron chi connectivity index (χ3n) is 6.90. The van der Waals surface area contributed by atoms with Crippen LogP contribution in [0, 0.1) is 6.92 Å². The lowest BCUT2D eigenvalue weighted by atomic mass is 9.96. The normalized spacial score (nSPS) is 21.3. The second-order valence-electron chi connectivity index (χ2n) is 8.89. The quantitative estimate of drug-likeness (QED) is 0.721. The number of rotatable bonds is 5. The average Bonchev–Trinajstić information content (AvgIpc) is 3.24. The number of carbonyl (C=O) groups is 2. The van der Waals surface area contributed by atoms with Crippen LogP contribution in [0.5, 0.6) is 0 Å². The van der Waals surface area contributed by atoms with Gasteiger partial charge in [0, 0.05) is 63.6 Å². The molecule has 176 valence electrons. The summed E-state index contributed by atoms with van der Waals surface area (Å²) in [5.74, 6) is -0.108. The fraction of sp³-hybridized carbons (Fsp3) is 0.636. The van der Waals surface area contributed by atoms with Crippen molar-refractivity contribution in [2.24, 2.45) is 0 Å². The standard InChI is InChI=1S/C22H33N5O4S/c1-17-16-18(8-9-20(17)27-11-10-23-22(27)29)21(28)25-12-14-26(15-13-25)32(30,31)24(2)19-6-4-3-5-7-19/h8-9,16,19H,3-7,10-15H2,1-2H3,(H,23,29). The average molecular weight is 464 g/mol. The maximum atomic E-state index is 13.1. The van der Waals surface area contributed by atoms with Crippen LogP contribution in [0.3, 0.4) is 0 Å². The monoisotopic (exact) mass is 463 g/mol. The fourth-order valence-corrected chi connectivity index (χ4v) is 6.49. The van der Waals surface area contributed by atoms with Crippen LogP contribution < -0.4 is 10.2 Å².